The van der Waals surface area contributed by atoms with Crippen LogP contribution in [0.15, 0.2) is 30.5 Å². The van der Waals surface area contributed by atoms with Crippen molar-refractivity contribution < 1.29 is 27.2 Å². The quantitative estimate of drug-likeness (QED) is 0.479. The first-order chi connectivity index (χ1) is 16.0. The SMILES string of the molecule is CC(=O)Nc1ccc(NC(=S)N(C(=O)[C@@]23CCC2C3)c2cnc(C#N)c(C(F)(F)F)c2)cc1F. The molecular formula is C22H17F4N5O2S. The topological polar surface area (TPSA) is 98.1 Å². The average molecular weight is 491 g/mol. The Balaban J connectivity index is 1.68. The van der Waals surface area contributed by atoms with E-state index in [4.69, 9.17) is 17.5 Å². The van der Waals surface area contributed by atoms with Crippen LogP contribution in [-0.2, 0) is 15.8 Å². The fourth-order valence-corrected chi connectivity index (χ4v) is 4.45. The first-order valence-corrected chi connectivity index (χ1v) is 10.6. The van der Waals surface area contributed by atoms with E-state index >= 15 is 0 Å². The van der Waals surface area contributed by atoms with E-state index in [1.807, 2.05) is 0 Å². The number of carbonyl (C=O) groups excluding carboxylic acids is 2. The van der Waals surface area contributed by atoms with Gasteiger partial charge in [0, 0.05) is 12.6 Å². The van der Waals surface area contributed by atoms with Gasteiger partial charge in [-0.05, 0) is 61.7 Å². The van der Waals surface area contributed by atoms with Crippen LogP contribution in [0.4, 0.5) is 34.6 Å². The van der Waals surface area contributed by atoms with Gasteiger partial charge < -0.3 is 10.6 Å². The Bertz CT molecular complexity index is 1250. The molecular weight excluding hydrogens is 474 g/mol. The monoisotopic (exact) mass is 491 g/mol. The zero-order chi connectivity index (χ0) is 24.8. The van der Waals surface area contributed by atoms with Gasteiger partial charge in [-0.15, -0.1) is 0 Å². The largest absolute Gasteiger partial charge is 0.419 e. The van der Waals surface area contributed by atoms with Crippen LogP contribution >= 0.6 is 12.2 Å². The third kappa shape index (κ3) is 4.19. The molecule has 0 aliphatic heterocycles. The molecule has 2 N–H and O–H groups in total. The number of halogens is 4. The van der Waals surface area contributed by atoms with Crippen LogP contribution in [-0.4, -0.2) is 21.9 Å². The maximum Gasteiger partial charge on any atom is 0.419 e. The molecule has 2 aromatic rings. The standard InChI is InChI=1S/C22H17F4N5O2S/c1-11(32)29-17-3-2-13(6-16(17)23)30-20(34)31(19(33)21-5-4-12(21)8-21)14-7-15(22(24,25)26)18(9-27)28-10-14/h2-3,6-7,10,12H,4-5,8H2,1H3,(H,29,32)(H,30,34)/t12?,21-/m1/s1. The van der Waals surface area contributed by atoms with Gasteiger partial charge in [-0.3, -0.25) is 14.5 Å². The predicted octanol–water partition coefficient (Wildman–Crippen LogP) is 4.60. The van der Waals surface area contributed by atoms with Crippen molar-refractivity contribution in [3.63, 3.8) is 0 Å². The van der Waals surface area contributed by atoms with Gasteiger partial charge in [-0.1, -0.05) is 0 Å². The van der Waals surface area contributed by atoms with Gasteiger partial charge in [-0.2, -0.15) is 18.4 Å². The first-order valence-electron chi connectivity index (χ1n) is 10.2. The molecule has 176 valence electrons. The van der Waals surface area contributed by atoms with Crippen molar-refractivity contribution in [1.29, 1.82) is 5.26 Å². The molecule has 1 heterocycles. The number of anilines is 3. The molecule has 7 nitrogen and oxygen atoms in total. The summed E-state index contributed by atoms with van der Waals surface area (Å²) in [5.41, 5.74) is -3.02. The summed E-state index contributed by atoms with van der Waals surface area (Å²) in [6.45, 7) is 1.22. The summed E-state index contributed by atoms with van der Waals surface area (Å²) < 4.78 is 54.8. The van der Waals surface area contributed by atoms with Crippen LogP contribution in [0.5, 0.6) is 0 Å². The Morgan fingerprint density at radius 1 is 1.29 bits per heavy atom. The fraction of sp³-hybridized carbons (Fsp3) is 0.318. The lowest BCUT2D eigenvalue weighted by Crippen LogP contribution is -2.46. The second-order valence-electron chi connectivity index (χ2n) is 8.24. The van der Waals surface area contributed by atoms with Gasteiger partial charge in [0.1, 0.15) is 11.9 Å². The molecule has 1 unspecified atom stereocenters. The highest BCUT2D eigenvalue weighted by atomic mass is 32.1. The number of hydrogen-bond acceptors (Lipinski definition) is 5. The van der Waals surface area contributed by atoms with Crippen LogP contribution in [0.2, 0.25) is 0 Å². The van der Waals surface area contributed by atoms with E-state index in [0.717, 1.165) is 23.6 Å². The van der Waals surface area contributed by atoms with Gasteiger partial charge >= 0.3 is 6.18 Å². The Labute approximate surface area is 196 Å². The second-order valence-corrected chi connectivity index (χ2v) is 8.63. The summed E-state index contributed by atoms with van der Waals surface area (Å²) in [5.74, 6) is -1.58. The third-order valence-corrected chi connectivity index (χ3v) is 6.36. The number of amides is 2. The summed E-state index contributed by atoms with van der Waals surface area (Å²) in [6.07, 6.45) is -1.86. The van der Waals surface area contributed by atoms with Crippen molar-refractivity contribution in [2.75, 3.05) is 15.5 Å². The maximum absolute atomic E-state index is 14.3. The lowest BCUT2D eigenvalue weighted by atomic mass is 9.83. The predicted molar refractivity (Wildman–Crippen MR) is 118 cm³/mol. The smallest absolute Gasteiger partial charge is 0.332 e. The molecule has 2 amide bonds. The fourth-order valence-electron chi connectivity index (χ4n) is 4.14. The summed E-state index contributed by atoms with van der Waals surface area (Å²) in [6, 6.07) is 5.75. The van der Waals surface area contributed by atoms with Gasteiger partial charge in [0.15, 0.2) is 10.8 Å². The summed E-state index contributed by atoms with van der Waals surface area (Å²) in [4.78, 5) is 29.1. The van der Waals surface area contributed by atoms with Crippen molar-refractivity contribution in [1.82, 2.24) is 4.98 Å². The molecule has 0 radical (unpaired) electrons. The normalized spacial score (nSPS) is 20.3. The molecule has 4 rings (SSSR count). The van der Waals surface area contributed by atoms with Crippen LogP contribution in [0.3, 0.4) is 0 Å². The minimum atomic E-state index is -4.88. The van der Waals surface area contributed by atoms with Crippen LogP contribution in [0.25, 0.3) is 0 Å². The molecule has 34 heavy (non-hydrogen) atoms. The van der Waals surface area contributed by atoms with E-state index in [-0.39, 0.29) is 28.1 Å². The minimum Gasteiger partial charge on any atom is -0.332 e. The average Bonchev–Trinajstić information content (AvgIpc) is 3.29. The maximum atomic E-state index is 14.3. The van der Waals surface area contributed by atoms with Crippen LogP contribution < -0.4 is 15.5 Å². The Kier molecular flexibility index (Phi) is 5.77. The van der Waals surface area contributed by atoms with Crippen molar-refractivity contribution in [3.05, 3.63) is 47.5 Å². The van der Waals surface area contributed by atoms with E-state index in [0.29, 0.717) is 18.9 Å². The number of benzene rings is 1. The summed E-state index contributed by atoms with van der Waals surface area (Å²) >= 11 is 5.35. The molecule has 2 saturated carbocycles. The molecule has 2 aliphatic carbocycles. The number of pyridine rings is 1. The molecule has 1 aromatic carbocycles. The molecule has 0 spiro atoms. The molecule has 2 atom stereocenters. The van der Waals surface area contributed by atoms with E-state index in [2.05, 4.69) is 15.6 Å². The zero-order valence-corrected chi connectivity index (χ0v) is 18.5. The third-order valence-electron chi connectivity index (χ3n) is 6.08. The van der Waals surface area contributed by atoms with Crippen molar-refractivity contribution in [3.8, 4) is 6.07 Å². The summed E-state index contributed by atoms with van der Waals surface area (Å²) in [5, 5.41) is 13.7. The van der Waals surface area contributed by atoms with E-state index in [1.165, 1.54) is 25.1 Å². The number of nitrogens with one attached hydrogen (secondary N) is 2. The Morgan fingerprint density at radius 2 is 2.03 bits per heavy atom. The number of thiocarbonyl (C=S) groups is 1. The Hall–Kier alpha value is -3.59. The molecule has 2 aliphatic rings. The number of aromatic nitrogens is 1. The van der Waals surface area contributed by atoms with Crippen LogP contribution in [0.1, 0.15) is 37.4 Å². The van der Waals surface area contributed by atoms with Gasteiger partial charge in [0.05, 0.1) is 28.6 Å². The Morgan fingerprint density at radius 3 is 2.53 bits per heavy atom. The number of rotatable bonds is 4. The van der Waals surface area contributed by atoms with E-state index < -0.39 is 40.5 Å². The number of nitrogens with zero attached hydrogens (tertiary/aromatic N) is 3. The van der Waals surface area contributed by atoms with Crippen molar-refractivity contribution in [2.24, 2.45) is 11.3 Å². The summed E-state index contributed by atoms with van der Waals surface area (Å²) in [7, 11) is 0. The zero-order valence-electron chi connectivity index (χ0n) is 17.7. The highest BCUT2D eigenvalue weighted by molar-refractivity contribution is 7.80. The molecule has 12 heteroatoms. The van der Waals surface area contributed by atoms with Gasteiger partial charge in [0.2, 0.25) is 11.8 Å². The lowest BCUT2D eigenvalue weighted by molar-refractivity contribution is -0.138. The number of carbonyl (C=O) groups is 2. The molecule has 0 saturated heterocycles. The van der Waals surface area contributed by atoms with Crippen LogP contribution in [0, 0.1) is 28.5 Å². The number of hydrogen-bond donors (Lipinski definition) is 2. The van der Waals surface area contributed by atoms with Gasteiger partial charge in [0.25, 0.3) is 0 Å². The van der Waals surface area contributed by atoms with E-state index in [9.17, 15) is 27.2 Å². The number of alkyl halides is 3. The molecule has 0 bridgehead atoms. The van der Waals surface area contributed by atoms with E-state index in [1.54, 1.807) is 0 Å². The minimum absolute atomic E-state index is 0.0720. The first kappa shape index (κ1) is 23.6. The number of nitriles is 1. The highest BCUT2D eigenvalue weighted by Gasteiger charge is 2.67. The van der Waals surface area contributed by atoms with Gasteiger partial charge in [-0.25, -0.2) is 9.37 Å². The van der Waals surface area contributed by atoms with Crippen molar-refractivity contribution in [2.45, 2.75) is 32.4 Å². The number of fused-ring (bicyclic) bond motifs is 1. The lowest BCUT2D eigenvalue weighted by Gasteiger charge is -2.32. The van der Waals surface area contributed by atoms with Crippen molar-refractivity contribution >= 4 is 46.2 Å². The highest BCUT2D eigenvalue weighted by Crippen LogP contribution is 2.68. The molecule has 1 aromatic heterocycles. The second kappa shape index (κ2) is 8.32. The molecule has 2 fully saturated rings.